The summed E-state index contributed by atoms with van der Waals surface area (Å²) in [5.74, 6) is 0.852. The van der Waals surface area contributed by atoms with Crippen LogP contribution in [-0.2, 0) is 6.18 Å². The van der Waals surface area contributed by atoms with Gasteiger partial charge in [0.1, 0.15) is 0 Å². The van der Waals surface area contributed by atoms with E-state index in [2.05, 4.69) is 28.2 Å². The fourth-order valence-corrected chi connectivity index (χ4v) is 3.84. The lowest BCUT2D eigenvalue weighted by atomic mass is 9.76. The van der Waals surface area contributed by atoms with Crippen molar-refractivity contribution in [3.05, 3.63) is 33.8 Å². The molecule has 1 nitrogen and oxygen atoms in total. The molecule has 1 aromatic carbocycles. The number of rotatable bonds is 3. The van der Waals surface area contributed by atoms with Gasteiger partial charge in [-0.1, -0.05) is 41.8 Å². The van der Waals surface area contributed by atoms with Crippen LogP contribution in [0.3, 0.4) is 0 Å². The summed E-state index contributed by atoms with van der Waals surface area (Å²) in [6.07, 6.45) is -0.0716. The fourth-order valence-electron chi connectivity index (χ4n) is 3.47. The van der Waals surface area contributed by atoms with Gasteiger partial charge in [-0.2, -0.15) is 13.2 Å². The Labute approximate surface area is 132 Å². The van der Waals surface area contributed by atoms with Gasteiger partial charge in [-0.3, -0.25) is 0 Å². The van der Waals surface area contributed by atoms with Crippen LogP contribution in [0.4, 0.5) is 13.2 Å². The molecule has 1 fully saturated rings. The van der Waals surface area contributed by atoms with Crippen molar-refractivity contribution in [1.82, 2.24) is 5.32 Å². The molecule has 1 aliphatic carbocycles. The van der Waals surface area contributed by atoms with E-state index >= 15 is 0 Å². The predicted octanol–water partition coefficient (Wildman–Crippen LogP) is 5.55. The molecule has 1 N–H and O–H groups in total. The molecule has 1 saturated carbocycles. The van der Waals surface area contributed by atoms with Crippen LogP contribution in [-0.4, -0.2) is 7.05 Å². The van der Waals surface area contributed by atoms with E-state index < -0.39 is 11.7 Å². The summed E-state index contributed by atoms with van der Waals surface area (Å²) in [4.78, 5) is 0. The van der Waals surface area contributed by atoms with Crippen molar-refractivity contribution in [3.63, 3.8) is 0 Å². The third-order valence-corrected chi connectivity index (χ3v) is 4.91. The van der Waals surface area contributed by atoms with Crippen LogP contribution in [0.2, 0.25) is 0 Å². The van der Waals surface area contributed by atoms with E-state index in [1.807, 2.05) is 0 Å². The average Bonchev–Trinajstić information content (AvgIpc) is 2.40. The molecule has 5 heteroatoms. The summed E-state index contributed by atoms with van der Waals surface area (Å²) in [6, 6.07) is 4.25. The molecular formula is C16H21BrF3N. The van der Waals surface area contributed by atoms with Crippen molar-refractivity contribution in [2.45, 2.75) is 44.8 Å². The molecule has 0 radical (unpaired) electrons. The predicted molar refractivity (Wildman–Crippen MR) is 82.1 cm³/mol. The van der Waals surface area contributed by atoms with E-state index in [9.17, 15) is 13.2 Å². The highest BCUT2D eigenvalue weighted by Crippen LogP contribution is 2.42. The maximum Gasteiger partial charge on any atom is 0.416 e. The Morgan fingerprint density at radius 1 is 1.29 bits per heavy atom. The Hall–Kier alpha value is -0.550. The first-order chi connectivity index (χ1) is 9.82. The van der Waals surface area contributed by atoms with E-state index in [4.69, 9.17) is 0 Å². The molecule has 21 heavy (non-hydrogen) atoms. The Bertz CT molecular complexity index is 487. The first-order valence-electron chi connectivity index (χ1n) is 7.36. The monoisotopic (exact) mass is 363 g/mol. The van der Waals surface area contributed by atoms with Crippen LogP contribution in [0.1, 0.15) is 49.8 Å². The lowest BCUT2D eigenvalue weighted by Crippen LogP contribution is -2.30. The van der Waals surface area contributed by atoms with Crippen LogP contribution in [0.25, 0.3) is 0 Å². The third kappa shape index (κ3) is 4.01. The molecule has 0 amide bonds. The van der Waals surface area contributed by atoms with Crippen LogP contribution in [0.5, 0.6) is 0 Å². The summed E-state index contributed by atoms with van der Waals surface area (Å²) < 4.78 is 40.4. The summed E-state index contributed by atoms with van der Waals surface area (Å²) in [5.41, 5.74) is -0.165. The highest BCUT2D eigenvalue weighted by Gasteiger charge is 2.37. The van der Waals surface area contributed by atoms with Gasteiger partial charge in [0.25, 0.3) is 0 Å². The quantitative estimate of drug-likeness (QED) is 0.741. The van der Waals surface area contributed by atoms with E-state index in [0.29, 0.717) is 16.0 Å². The average molecular weight is 364 g/mol. The normalized spacial score (nSPS) is 24.9. The molecule has 1 aliphatic rings. The van der Waals surface area contributed by atoms with Gasteiger partial charge < -0.3 is 5.32 Å². The van der Waals surface area contributed by atoms with Crippen molar-refractivity contribution < 1.29 is 13.2 Å². The van der Waals surface area contributed by atoms with E-state index in [0.717, 1.165) is 19.3 Å². The third-order valence-electron chi connectivity index (χ3n) is 4.42. The van der Waals surface area contributed by atoms with Crippen molar-refractivity contribution in [3.8, 4) is 0 Å². The minimum Gasteiger partial charge on any atom is -0.313 e. The maximum absolute atomic E-state index is 13.3. The van der Waals surface area contributed by atoms with Crippen LogP contribution in [0.15, 0.2) is 22.7 Å². The molecule has 0 heterocycles. The van der Waals surface area contributed by atoms with Crippen LogP contribution >= 0.6 is 15.9 Å². The Morgan fingerprint density at radius 2 is 2.00 bits per heavy atom. The molecule has 3 atom stereocenters. The number of hydrogen-bond acceptors (Lipinski definition) is 1. The molecule has 0 aromatic heterocycles. The molecule has 118 valence electrons. The smallest absolute Gasteiger partial charge is 0.313 e. The van der Waals surface area contributed by atoms with E-state index in [-0.39, 0.29) is 12.0 Å². The lowest BCUT2D eigenvalue weighted by Gasteiger charge is -2.34. The zero-order valence-corrected chi connectivity index (χ0v) is 13.9. The minimum absolute atomic E-state index is 0.238. The standard InChI is InChI=1S/C16H21BrF3N/c1-10-4-3-5-11(8-10)15(21-2)13-7-6-12(17)9-14(13)16(18,19)20/h6-7,9-11,15,21H,3-5,8H2,1-2H3. The summed E-state index contributed by atoms with van der Waals surface area (Å²) in [6.45, 7) is 2.19. The van der Waals surface area contributed by atoms with Gasteiger partial charge in [-0.15, -0.1) is 0 Å². The van der Waals surface area contributed by atoms with Gasteiger partial charge in [-0.25, -0.2) is 0 Å². The Morgan fingerprint density at radius 3 is 2.57 bits per heavy atom. The number of benzene rings is 1. The van der Waals surface area contributed by atoms with Gasteiger partial charge in [-0.05, 0) is 49.4 Å². The second kappa shape index (κ2) is 6.69. The first kappa shape index (κ1) is 16.8. The van der Waals surface area contributed by atoms with Gasteiger partial charge in [0, 0.05) is 10.5 Å². The first-order valence-corrected chi connectivity index (χ1v) is 8.16. The van der Waals surface area contributed by atoms with Gasteiger partial charge in [0.2, 0.25) is 0 Å². The van der Waals surface area contributed by atoms with Crippen LogP contribution in [0, 0.1) is 11.8 Å². The van der Waals surface area contributed by atoms with E-state index in [1.165, 1.54) is 12.5 Å². The molecule has 0 spiro atoms. The molecule has 0 aliphatic heterocycles. The van der Waals surface area contributed by atoms with Gasteiger partial charge in [0.05, 0.1) is 5.56 Å². The van der Waals surface area contributed by atoms with Gasteiger partial charge in [0.15, 0.2) is 0 Å². The molecule has 1 aromatic rings. The molecular weight excluding hydrogens is 343 g/mol. The van der Waals surface area contributed by atoms with Crippen molar-refractivity contribution in [1.29, 1.82) is 0 Å². The zero-order chi connectivity index (χ0) is 15.6. The van der Waals surface area contributed by atoms with Crippen molar-refractivity contribution in [2.75, 3.05) is 7.05 Å². The van der Waals surface area contributed by atoms with E-state index in [1.54, 1.807) is 19.2 Å². The Balaban J connectivity index is 2.38. The molecule has 0 saturated heterocycles. The topological polar surface area (TPSA) is 12.0 Å². The number of hydrogen-bond donors (Lipinski definition) is 1. The highest BCUT2D eigenvalue weighted by molar-refractivity contribution is 9.10. The highest BCUT2D eigenvalue weighted by atomic mass is 79.9. The fraction of sp³-hybridized carbons (Fsp3) is 0.625. The minimum atomic E-state index is -4.32. The van der Waals surface area contributed by atoms with Crippen molar-refractivity contribution in [2.24, 2.45) is 11.8 Å². The second-order valence-electron chi connectivity index (χ2n) is 6.03. The second-order valence-corrected chi connectivity index (χ2v) is 6.94. The summed E-state index contributed by atoms with van der Waals surface area (Å²) in [7, 11) is 1.76. The number of halogens is 4. The molecule has 0 bridgehead atoms. The lowest BCUT2D eigenvalue weighted by molar-refractivity contribution is -0.138. The van der Waals surface area contributed by atoms with Crippen molar-refractivity contribution >= 4 is 15.9 Å². The summed E-state index contributed by atoms with van der Waals surface area (Å²) >= 11 is 3.14. The number of alkyl halides is 3. The number of nitrogens with one attached hydrogen (secondary N) is 1. The largest absolute Gasteiger partial charge is 0.416 e. The molecule has 3 unspecified atom stereocenters. The summed E-state index contributed by atoms with van der Waals surface area (Å²) in [5, 5.41) is 3.13. The van der Waals surface area contributed by atoms with Gasteiger partial charge >= 0.3 is 6.18 Å². The van der Waals surface area contributed by atoms with Crippen LogP contribution < -0.4 is 5.32 Å². The maximum atomic E-state index is 13.3. The molecule has 2 rings (SSSR count). The Kier molecular flexibility index (Phi) is 5.36. The zero-order valence-electron chi connectivity index (χ0n) is 12.3. The SMILES string of the molecule is CNC(c1ccc(Br)cc1C(F)(F)F)C1CCCC(C)C1.